The molecule has 0 aliphatic rings. The van der Waals surface area contributed by atoms with E-state index in [-0.39, 0.29) is 16.1 Å². The molecule has 0 unspecified atom stereocenters. The van der Waals surface area contributed by atoms with E-state index in [9.17, 15) is 22.8 Å². The first kappa shape index (κ1) is 15.0. The van der Waals surface area contributed by atoms with Crippen LogP contribution >= 0.6 is 11.3 Å². The van der Waals surface area contributed by atoms with Crippen LogP contribution in [0.2, 0.25) is 0 Å². The lowest BCUT2D eigenvalue weighted by Gasteiger charge is -2.08. The molecule has 2 aromatic rings. The molecule has 4 nitrogen and oxygen atoms in total. The van der Waals surface area contributed by atoms with Crippen molar-refractivity contribution in [3.8, 4) is 0 Å². The average Bonchev–Trinajstić information content (AvgIpc) is 2.86. The lowest BCUT2D eigenvalue weighted by molar-refractivity contribution is -0.137. The summed E-state index contributed by atoms with van der Waals surface area (Å²) in [5.74, 6) is -1.31. The van der Waals surface area contributed by atoms with Crippen LogP contribution in [0.15, 0.2) is 35.7 Å². The molecule has 8 heteroatoms. The number of rotatable bonds is 3. The fourth-order valence-electron chi connectivity index (χ4n) is 1.59. The first-order chi connectivity index (χ1) is 9.79. The molecule has 3 N–H and O–H groups in total. The van der Waals surface area contributed by atoms with E-state index in [0.717, 1.165) is 35.6 Å². The number of anilines is 1. The topological polar surface area (TPSA) is 72.2 Å². The maximum atomic E-state index is 12.4. The number of primary amides is 1. The van der Waals surface area contributed by atoms with Crippen molar-refractivity contribution in [3.05, 3.63) is 52.4 Å². The zero-order valence-corrected chi connectivity index (χ0v) is 11.2. The maximum Gasteiger partial charge on any atom is 0.416 e. The van der Waals surface area contributed by atoms with Crippen molar-refractivity contribution >= 4 is 28.2 Å². The molecule has 0 radical (unpaired) electrons. The second-order valence-electron chi connectivity index (χ2n) is 4.06. The highest BCUT2D eigenvalue weighted by Crippen LogP contribution is 2.29. The summed E-state index contributed by atoms with van der Waals surface area (Å²) in [5.41, 5.74) is 4.49. The number of hydrogen-bond donors (Lipinski definition) is 2. The number of alkyl halides is 3. The van der Waals surface area contributed by atoms with Gasteiger partial charge in [0.15, 0.2) is 0 Å². The van der Waals surface area contributed by atoms with Gasteiger partial charge in [0.1, 0.15) is 5.00 Å². The summed E-state index contributed by atoms with van der Waals surface area (Å²) >= 11 is 1.10. The summed E-state index contributed by atoms with van der Waals surface area (Å²) in [5, 5.41) is 4.27. The monoisotopic (exact) mass is 314 g/mol. The Morgan fingerprint density at radius 1 is 1.10 bits per heavy atom. The second kappa shape index (κ2) is 5.57. The Morgan fingerprint density at radius 2 is 1.71 bits per heavy atom. The first-order valence-electron chi connectivity index (χ1n) is 5.65. The Morgan fingerprint density at radius 3 is 2.24 bits per heavy atom. The lowest BCUT2D eigenvalue weighted by Crippen LogP contribution is -2.16. The molecule has 0 saturated heterocycles. The lowest BCUT2D eigenvalue weighted by atomic mass is 10.1. The quantitative estimate of drug-likeness (QED) is 0.913. The van der Waals surface area contributed by atoms with Crippen LogP contribution in [0.1, 0.15) is 26.3 Å². The molecule has 0 fully saturated rings. The van der Waals surface area contributed by atoms with Crippen molar-refractivity contribution in [3.63, 3.8) is 0 Å². The summed E-state index contributed by atoms with van der Waals surface area (Å²) in [7, 11) is 0. The summed E-state index contributed by atoms with van der Waals surface area (Å²) in [4.78, 5) is 23.0. The standard InChI is InChI=1S/C13H9F3N2O2S/c14-13(15,16)8-3-1-7(2-4-8)11(20)18-12-9(10(17)19)5-6-21-12/h1-6H,(H2,17,19)(H,18,20). The zero-order chi connectivity index (χ0) is 15.6. The third-order valence-electron chi connectivity index (χ3n) is 2.63. The molecule has 2 amide bonds. The van der Waals surface area contributed by atoms with Crippen LogP contribution in [0.4, 0.5) is 18.2 Å². The molecule has 0 atom stereocenters. The Labute approximate surface area is 121 Å². The first-order valence-corrected chi connectivity index (χ1v) is 6.53. The van der Waals surface area contributed by atoms with E-state index >= 15 is 0 Å². The number of carbonyl (C=O) groups excluding carboxylic acids is 2. The normalized spacial score (nSPS) is 11.2. The molecule has 1 aromatic heterocycles. The van der Waals surface area contributed by atoms with Crippen molar-refractivity contribution in [2.75, 3.05) is 5.32 Å². The van der Waals surface area contributed by atoms with Crippen LogP contribution in [-0.2, 0) is 6.18 Å². The average molecular weight is 314 g/mol. The summed E-state index contributed by atoms with van der Waals surface area (Å²) in [6.07, 6.45) is -4.46. The SMILES string of the molecule is NC(=O)c1ccsc1NC(=O)c1ccc(C(F)(F)F)cc1. The van der Waals surface area contributed by atoms with Gasteiger partial charge < -0.3 is 11.1 Å². The third kappa shape index (κ3) is 3.40. The summed E-state index contributed by atoms with van der Waals surface area (Å²) < 4.78 is 37.3. The predicted octanol–water partition coefficient (Wildman–Crippen LogP) is 3.12. The van der Waals surface area contributed by atoms with Crippen LogP contribution in [0.25, 0.3) is 0 Å². The highest BCUT2D eigenvalue weighted by atomic mass is 32.1. The third-order valence-corrected chi connectivity index (χ3v) is 3.46. The summed E-state index contributed by atoms with van der Waals surface area (Å²) in [6, 6.07) is 5.22. The Kier molecular flexibility index (Phi) is 3.99. The fraction of sp³-hybridized carbons (Fsp3) is 0.0769. The molecule has 0 aliphatic heterocycles. The molecular weight excluding hydrogens is 305 g/mol. The number of amides is 2. The Balaban J connectivity index is 2.17. The van der Waals surface area contributed by atoms with Gasteiger partial charge in [0.2, 0.25) is 0 Å². The van der Waals surface area contributed by atoms with Gasteiger partial charge in [0.05, 0.1) is 11.1 Å². The number of halogens is 3. The van der Waals surface area contributed by atoms with Crippen LogP contribution < -0.4 is 11.1 Å². The predicted molar refractivity (Wildman–Crippen MR) is 72.2 cm³/mol. The van der Waals surface area contributed by atoms with Gasteiger partial charge in [0, 0.05) is 5.56 Å². The number of nitrogens with two attached hydrogens (primary N) is 1. The van der Waals surface area contributed by atoms with Crippen molar-refractivity contribution in [1.29, 1.82) is 0 Å². The minimum Gasteiger partial charge on any atom is -0.366 e. The molecule has 0 saturated carbocycles. The van der Waals surface area contributed by atoms with Crippen molar-refractivity contribution in [2.45, 2.75) is 6.18 Å². The largest absolute Gasteiger partial charge is 0.416 e. The van der Waals surface area contributed by atoms with Gasteiger partial charge >= 0.3 is 6.18 Å². The minimum atomic E-state index is -4.46. The van der Waals surface area contributed by atoms with Crippen LogP contribution in [-0.4, -0.2) is 11.8 Å². The van der Waals surface area contributed by atoms with E-state index in [1.807, 2.05) is 0 Å². The number of nitrogens with one attached hydrogen (secondary N) is 1. The van der Waals surface area contributed by atoms with Gasteiger partial charge in [-0.05, 0) is 35.7 Å². The van der Waals surface area contributed by atoms with E-state index in [0.29, 0.717) is 0 Å². The number of carbonyl (C=O) groups is 2. The highest BCUT2D eigenvalue weighted by molar-refractivity contribution is 7.14. The van der Waals surface area contributed by atoms with E-state index in [2.05, 4.69) is 5.32 Å². The van der Waals surface area contributed by atoms with Gasteiger partial charge in [0.25, 0.3) is 11.8 Å². The molecule has 0 aliphatic carbocycles. The molecule has 2 rings (SSSR count). The Bertz CT molecular complexity index is 677. The van der Waals surface area contributed by atoms with Crippen LogP contribution in [0.3, 0.4) is 0 Å². The molecule has 110 valence electrons. The van der Waals surface area contributed by atoms with Crippen molar-refractivity contribution < 1.29 is 22.8 Å². The van der Waals surface area contributed by atoms with E-state index in [1.54, 1.807) is 5.38 Å². The minimum absolute atomic E-state index is 0.0480. The van der Waals surface area contributed by atoms with Crippen LogP contribution in [0, 0.1) is 0 Å². The zero-order valence-electron chi connectivity index (χ0n) is 10.4. The number of hydrogen-bond acceptors (Lipinski definition) is 3. The molecular formula is C13H9F3N2O2S. The van der Waals surface area contributed by atoms with E-state index in [4.69, 9.17) is 5.73 Å². The van der Waals surface area contributed by atoms with Crippen molar-refractivity contribution in [1.82, 2.24) is 0 Å². The maximum absolute atomic E-state index is 12.4. The number of benzene rings is 1. The van der Waals surface area contributed by atoms with Gasteiger partial charge in [-0.2, -0.15) is 13.2 Å². The van der Waals surface area contributed by atoms with E-state index in [1.165, 1.54) is 6.07 Å². The molecule has 1 aromatic carbocycles. The molecule has 21 heavy (non-hydrogen) atoms. The summed E-state index contributed by atoms with van der Waals surface area (Å²) in [6.45, 7) is 0. The highest BCUT2D eigenvalue weighted by Gasteiger charge is 2.30. The molecule has 0 bridgehead atoms. The van der Waals surface area contributed by atoms with Gasteiger partial charge in [-0.25, -0.2) is 0 Å². The smallest absolute Gasteiger partial charge is 0.366 e. The fourth-order valence-corrected chi connectivity index (χ4v) is 2.37. The van der Waals surface area contributed by atoms with Gasteiger partial charge in [-0.1, -0.05) is 0 Å². The molecule has 1 heterocycles. The van der Waals surface area contributed by atoms with Gasteiger partial charge in [-0.3, -0.25) is 9.59 Å². The van der Waals surface area contributed by atoms with Gasteiger partial charge in [-0.15, -0.1) is 11.3 Å². The molecule has 0 spiro atoms. The van der Waals surface area contributed by atoms with Crippen molar-refractivity contribution in [2.24, 2.45) is 5.73 Å². The number of thiophene rings is 1. The second-order valence-corrected chi connectivity index (χ2v) is 4.97. The van der Waals surface area contributed by atoms with E-state index < -0.39 is 23.6 Å². The van der Waals surface area contributed by atoms with Crippen LogP contribution in [0.5, 0.6) is 0 Å². The Hall–Kier alpha value is -2.35.